The van der Waals surface area contributed by atoms with Gasteiger partial charge in [0.15, 0.2) is 0 Å². The predicted molar refractivity (Wildman–Crippen MR) is 104 cm³/mol. The van der Waals surface area contributed by atoms with Crippen molar-refractivity contribution in [3.63, 3.8) is 0 Å². The van der Waals surface area contributed by atoms with Crippen LogP contribution in [0.4, 0.5) is 5.82 Å². The Labute approximate surface area is 156 Å². The van der Waals surface area contributed by atoms with Crippen LogP contribution in [0.1, 0.15) is 24.8 Å². The van der Waals surface area contributed by atoms with Gasteiger partial charge in [-0.25, -0.2) is 4.98 Å². The number of pyridine rings is 1. The molecule has 1 amide bonds. The van der Waals surface area contributed by atoms with E-state index in [1.54, 1.807) is 17.5 Å². The molecular weight excluding hydrogens is 346 g/mol. The molecule has 3 heterocycles. The van der Waals surface area contributed by atoms with Crippen molar-refractivity contribution < 1.29 is 4.79 Å². The second-order valence-corrected chi connectivity index (χ2v) is 7.85. The molecule has 1 N–H and O–H groups in total. The summed E-state index contributed by atoms with van der Waals surface area (Å²) in [4.78, 5) is 19.1. The minimum atomic E-state index is -0.134. The number of anilines is 1. The van der Waals surface area contributed by atoms with Gasteiger partial charge in [0.1, 0.15) is 15.8 Å². The lowest BCUT2D eigenvalue weighted by Gasteiger charge is -2.22. The summed E-state index contributed by atoms with van der Waals surface area (Å²) in [7, 11) is 0. The number of amides is 1. The quantitative estimate of drug-likeness (QED) is 0.764. The van der Waals surface area contributed by atoms with Crippen LogP contribution in [-0.4, -0.2) is 45.1 Å². The van der Waals surface area contributed by atoms with Gasteiger partial charge in [-0.3, -0.25) is 9.69 Å². The first-order valence-electron chi connectivity index (χ1n) is 8.85. The first-order valence-corrected chi connectivity index (χ1v) is 9.67. The first kappa shape index (κ1) is 17.1. The molecule has 1 fully saturated rings. The number of aryl methyl sites for hydroxylation is 1. The average molecular weight is 367 g/mol. The maximum Gasteiger partial charge on any atom is 0.242 e. The highest BCUT2D eigenvalue weighted by Gasteiger charge is 2.24. The van der Waals surface area contributed by atoms with Gasteiger partial charge in [0.25, 0.3) is 0 Å². The number of hydrogen-bond donors (Lipinski definition) is 1. The predicted octanol–water partition coefficient (Wildman–Crippen LogP) is 3.48. The number of benzene rings is 1. The van der Waals surface area contributed by atoms with Crippen molar-refractivity contribution in [1.82, 2.24) is 20.1 Å². The van der Waals surface area contributed by atoms with Gasteiger partial charge in [0.2, 0.25) is 5.91 Å². The Bertz CT molecular complexity index is 948. The molecule has 1 aliphatic rings. The van der Waals surface area contributed by atoms with E-state index < -0.39 is 0 Å². The van der Waals surface area contributed by atoms with Gasteiger partial charge >= 0.3 is 0 Å². The van der Waals surface area contributed by atoms with E-state index in [1.165, 1.54) is 12.8 Å². The molecule has 6 nitrogen and oxygen atoms in total. The number of aromatic nitrogens is 3. The van der Waals surface area contributed by atoms with Crippen LogP contribution in [-0.2, 0) is 4.79 Å². The van der Waals surface area contributed by atoms with Crippen molar-refractivity contribution in [2.75, 3.05) is 18.4 Å². The van der Waals surface area contributed by atoms with E-state index >= 15 is 0 Å². The fraction of sp³-hybridized carbons (Fsp3) is 0.368. The van der Waals surface area contributed by atoms with Crippen molar-refractivity contribution in [1.29, 1.82) is 0 Å². The fourth-order valence-electron chi connectivity index (χ4n) is 3.28. The van der Waals surface area contributed by atoms with Crippen LogP contribution >= 0.6 is 11.3 Å². The van der Waals surface area contributed by atoms with Crippen LogP contribution < -0.4 is 5.32 Å². The van der Waals surface area contributed by atoms with E-state index in [2.05, 4.69) is 31.5 Å². The third-order valence-corrected chi connectivity index (χ3v) is 5.70. The molecule has 2 aromatic heterocycles. The number of hydrogen-bond acceptors (Lipinski definition) is 6. The third-order valence-electron chi connectivity index (χ3n) is 4.81. The van der Waals surface area contributed by atoms with Gasteiger partial charge in [0.05, 0.1) is 6.04 Å². The van der Waals surface area contributed by atoms with Crippen LogP contribution in [0.2, 0.25) is 0 Å². The second-order valence-electron chi connectivity index (χ2n) is 6.67. The molecule has 134 valence electrons. The van der Waals surface area contributed by atoms with Gasteiger partial charge in [-0.2, -0.15) is 0 Å². The summed E-state index contributed by atoms with van der Waals surface area (Å²) in [5, 5.41) is 15.1. The minimum absolute atomic E-state index is 0.00495. The normalized spacial score (nSPS) is 16.1. The van der Waals surface area contributed by atoms with Crippen LogP contribution in [0.3, 0.4) is 0 Å². The molecule has 0 aliphatic carbocycles. The molecule has 4 rings (SSSR count). The summed E-state index contributed by atoms with van der Waals surface area (Å²) < 4.78 is 0. The van der Waals surface area contributed by atoms with Crippen LogP contribution in [0.15, 0.2) is 30.5 Å². The van der Waals surface area contributed by atoms with Crippen molar-refractivity contribution in [3.05, 3.63) is 35.5 Å². The first-order chi connectivity index (χ1) is 12.6. The summed E-state index contributed by atoms with van der Waals surface area (Å²) in [6, 6.07) is 7.90. The lowest BCUT2D eigenvalue weighted by molar-refractivity contribution is -0.120. The molecule has 1 atom stereocenters. The van der Waals surface area contributed by atoms with Crippen LogP contribution in [0.5, 0.6) is 0 Å². The lowest BCUT2D eigenvalue weighted by Crippen LogP contribution is -2.40. The number of carbonyl (C=O) groups excluding carboxylic acids is 1. The largest absolute Gasteiger partial charge is 0.309 e. The van der Waals surface area contributed by atoms with Gasteiger partial charge in [-0.15, -0.1) is 10.2 Å². The molecule has 3 aromatic rings. The van der Waals surface area contributed by atoms with Crippen LogP contribution in [0.25, 0.3) is 21.3 Å². The summed E-state index contributed by atoms with van der Waals surface area (Å²) in [5.41, 5.74) is 1.03. The summed E-state index contributed by atoms with van der Waals surface area (Å²) in [5.74, 6) is 0.578. The smallest absolute Gasteiger partial charge is 0.242 e. The van der Waals surface area contributed by atoms with E-state index in [0.29, 0.717) is 5.82 Å². The maximum absolute atomic E-state index is 12.5. The van der Waals surface area contributed by atoms with Crippen molar-refractivity contribution in [2.24, 2.45) is 0 Å². The molecule has 7 heteroatoms. The van der Waals surface area contributed by atoms with Crippen LogP contribution in [0, 0.1) is 6.92 Å². The van der Waals surface area contributed by atoms with Gasteiger partial charge in [-0.05, 0) is 57.3 Å². The Kier molecular flexibility index (Phi) is 4.65. The molecule has 26 heavy (non-hydrogen) atoms. The Morgan fingerprint density at radius 1 is 1.19 bits per heavy atom. The SMILES string of the molecule is Cc1nnc(-c2ccc3cnc(NC(=O)C(C)N4CCCC4)cc3c2)s1. The third kappa shape index (κ3) is 3.45. The van der Waals surface area contributed by atoms with E-state index in [1.807, 2.05) is 32.0 Å². The number of rotatable bonds is 4. The Morgan fingerprint density at radius 2 is 2.00 bits per heavy atom. The Morgan fingerprint density at radius 3 is 2.73 bits per heavy atom. The zero-order valence-corrected chi connectivity index (χ0v) is 15.7. The molecular formula is C19H21N5OS. The van der Waals surface area contributed by atoms with Gasteiger partial charge in [-0.1, -0.05) is 23.5 Å². The summed E-state index contributed by atoms with van der Waals surface area (Å²) >= 11 is 1.57. The number of carbonyl (C=O) groups is 1. The molecule has 1 saturated heterocycles. The highest BCUT2D eigenvalue weighted by Crippen LogP contribution is 2.27. The standard InChI is InChI=1S/C19H21N5OS/c1-12(24-7-3-4-8-24)18(25)21-17-10-16-9-14(5-6-15(16)11-20-17)19-23-22-13(2)26-19/h5-6,9-12H,3-4,7-8H2,1-2H3,(H,20,21,25). The number of nitrogens with zero attached hydrogens (tertiary/aromatic N) is 4. The molecule has 1 aliphatic heterocycles. The minimum Gasteiger partial charge on any atom is -0.309 e. The van der Waals surface area contributed by atoms with E-state index in [9.17, 15) is 4.79 Å². The Hall–Kier alpha value is -2.38. The molecule has 1 unspecified atom stereocenters. The maximum atomic E-state index is 12.5. The second kappa shape index (κ2) is 7.09. The van der Waals surface area contributed by atoms with E-state index in [-0.39, 0.29) is 11.9 Å². The Balaban J connectivity index is 1.57. The van der Waals surface area contributed by atoms with E-state index in [4.69, 9.17) is 0 Å². The zero-order valence-electron chi connectivity index (χ0n) is 14.9. The van der Waals surface area contributed by atoms with Crippen molar-refractivity contribution in [3.8, 4) is 10.6 Å². The molecule has 0 saturated carbocycles. The molecule has 0 bridgehead atoms. The molecule has 0 radical (unpaired) electrons. The lowest BCUT2D eigenvalue weighted by atomic mass is 10.1. The number of likely N-dealkylation sites (tertiary alicyclic amines) is 1. The zero-order chi connectivity index (χ0) is 18.1. The monoisotopic (exact) mass is 367 g/mol. The van der Waals surface area contributed by atoms with Gasteiger partial charge in [0, 0.05) is 17.1 Å². The highest BCUT2D eigenvalue weighted by atomic mass is 32.1. The summed E-state index contributed by atoms with van der Waals surface area (Å²) in [6.07, 6.45) is 4.13. The average Bonchev–Trinajstić information content (AvgIpc) is 3.32. The fourth-order valence-corrected chi connectivity index (χ4v) is 3.97. The molecule has 0 spiro atoms. The number of fused-ring (bicyclic) bond motifs is 1. The summed E-state index contributed by atoms with van der Waals surface area (Å²) in [6.45, 7) is 5.88. The van der Waals surface area contributed by atoms with Crippen molar-refractivity contribution >= 4 is 33.8 Å². The van der Waals surface area contributed by atoms with Gasteiger partial charge < -0.3 is 5.32 Å². The van der Waals surface area contributed by atoms with Crippen molar-refractivity contribution in [2.45, 2.75) is 32.7 Å². The molecule has 1 aromatic carbocycles. The van der Waals surface area contributed by atoms with E-state index in [0.717, 1.165) is 39.4 Å². The highest BCUT2D eigenvalue weighted by molar-refractivity contribution is 7.14. The number of nitrogens with one attached hydrogen (secondary N) is 1. The topological polar surface area (TPSA) is 71.0 Å².